The van der Waals surface area contributed by atoms with E-state index in [1.807, 2.05) is 20.8 Å². The standard InChI is InChI=1S/C12H16.C2H6/c1-5-11-6-7-12(9(2)3)10(4)8-11;1-2/h6-8H,2,5H2,1,3-4H3;1-2H3. The molecule has 14 heavy (non-hydrogen) atoms. The van der Waals surface area contributed by atoms with E-state index in [1.54, 1.807) is 0 Å². The van der Waals surface area contributed by atoms with Gasteiger partial charge in [-0.3, -0.25) is 0 Å². The number of allylic oxidation sites excluding steroid dienone is 1. The van der Waals surface area contributed by atoms with Gasteiger partial charge in [-0.05, 0) is 37.0 Å². The van der Waals surface area contributed by atoms with Gasteiger partial charge in [0.15, 0.2) is 0 Å². The van der Waals surface area contributed by atoms with E-state index >= 15 is 0 Å². The summed E-state index contributed by atoms with van der Waals surface area (Å²) >= 11 is 0. The third-order valence-electron chi connectivity index (χ3n) is 2.16. The molecule has 0 fully saturated rings. The summed E-state index contributed by atoms with van der Waals surface area (Å²) < 4.78 is 0. The maximum absolute atomic E-state index is 3.94. The molecular formula is C14H22. The van der Waals surface area contributed by atoms with Crippen molar-refractivity contribution in [3.05, 3.63) is 41.5 Å². The molecule has 78 valence electrons. The van der Waals surface area contributed by atoms with Gasteiger partial charge in [0, 0.05) is 0 Å². The van der Waals surface area contributed by atoms with Crippen molar-refractivity contribution in [3.63, 3.8) is 0 Å². The molecule has 0 saturated heterocycles. The molecule has 0 unspecified atom stereocenters. The van der Waals surface area contributed by atoms with Crippen molar-refractivity contribution in [2.45, 2.75) is 41.0 Å². The Balaban J connectivity index is 0.000000791. The zero-order valence-electron chi connectivity index (χ0n) is 10.1. The summed E-state index contributed by atoms with van der Waals surface area (Å²) in [5.41, 5.74) is 5.17. The Labute approximate surface area is 88.7 Å². The van der Waals surface area contributed by atoms with Crippen LogP contribution in [0, 0.1) is 6.92 Å². The summed E-state index contributed by atoms with van der Waals surface area (Å²) in [6.07, 6.45) is 1.11. The molecule has 0 radical (unpaired) electrons. The first-order valence-corrected chi connectivity index (χ1v) is 5.40. The minimum atomic E-state index is 1.11. The molecule has 0 aliphatic heterocycles. The predicted octanol–water partition coefficient (Wildman–Crippen LogP) is 4.62. The Morgan fingerprint density at radius 3 is 2.21 bits per heavy atom. The number of hydrogen-bond acceptors (Lipinski definition) is 0. The van der Waals surface area contributed by atoms with E-state index in [9.17, 15) is 0 Å². The van der Waals surface area contributed by atoms with Crippen molar-refractivity contribution in [1.29, 1.82) is 0 Å². The fourth-order valence-corrected chi connectivity index (χ4v) is 1.42. The summed E-state index contributed by atoms with van der Waals surface area (Å²) in [7, 11) is 0. The van der Waals surface area contributed by atoms with Crippen LogP contribution in [0.2, 0.25) is 0 Å². The average Bonchev–Trinajstić information content (AvgIpc) is 2.20. The largest absolute Gasteiger partial charge is 0.0955 e. The SMILES string of the molecule is C=C(C)c1ccc(CC)cc1C.CC. The minimum absolute atomic E-state index is 1.11. The van der Waals surface area contributed by atoms with Gasteiger partial charge in [-0.25, -0.2) is 0 Å². The van der Waals surface area contributed by atoms with Gasteiger partial charge in [0.2, 0.25) is 0 Å². The molecule has 0 spiro atoms. The van der Waals surface area contributed by atoms with Crippen LogP contribution in [0.3, 0.4) is 0 Å². The molecule has 0 aliphatic carbocycles. The first-order valence-electron chi connectivity index (χ1n) is 5.40. The third kappa shape index (κ3) is 3.37. The van der Waals surface area contributed by atoms with Crippen molar-refractivity contribution in [2.75, 3.05) is 0 Å². The zero-order valence-corrected chi connectivity index (χ0v) is 10.1. The van der Waals surface area contributed by atoms with Crippen LogP contribution in [-0.2, 0) is 6.42 Å². The lowest BCUT2D eigenvalue weighted by atomic mass is 10.00. The number of rotatable bonds is 2. The first kappa shape index (κ1) is 13.0. The lowest BCUT2D eigenvalue weighted by molar-refractivity contribution is 1.13. The molecule has 0 heterocycles. The predicted molar refractivity (Wildman–Crippen MR) is 66.6 cm³/mol. The molecule has 0 atom stereocenters. The van der Waals surface area contributed by atoms with Crippen molar-refractivity contribution in [3.8, 4) is 0 Å². The van der Waals surface area contributed by atoms with Crippen LogP contribution in [0.4, 0.5) is 0 Å². The second-order valence-corrected chi connectivity index (χ2v) is 3.28. The molecule has 0 aliphatic rings. The first-order chi connectivity index (χ1) is 6.65. The molecule has 0 aromatic heterocycles. The highest BCUT2D eigenvalue weighted by Crippen LogP contribution is 2.18. The maximum Gasteiger partial charge on any atom is -0.0204 e. The summed E-state index contributed by atoms with van der Waals surface area (Å²) in [6.45, 7) is 14.3. The van der Waals surface area contributed by atoms with Crippen molar-refractivity contribution in [1.82, 2.24) is 0 Å². The molecule has 0 amide bonds. The smallest absolute Gasteiger partial charge is 0.0204 e. The van der Waals surface area contributed by atoms with Gasteiger partial charge in [0.05, 0.1) is 0 Å². The normalized spacial score (nSPS) is 8.93. The number of benzene rings is 1. The Morgan fingerprint density at radius 2 is 1.86 bits per heavy atom. The van der Waals surface area contributed by atoms with Crippen LogP contribution in [0.1, 0.15) is 44.4 Å². The summed E-state index contributed by atoms with van der Waals surface area (Å²) in [6, 6.07) is 6.58. The van der Waals surface area contributed by atoms with Crippen LogP contribution in [0.25, 0.3) is 5.57 Å². The van der Waals surface area contributed by atoms with E-state index in [4.69, 9.17) is 0 Å². The van der Waals surface area contributed by atoms with E-state index in [1.165, 1.54) is 16.7 Å². The molecular weight excluding hydrogens is 168 g/mol. The highest BCUT2D eigenvalue weighted by Gasteiger charge is 1.98. The van der Waals surface area contributed by atoms with E-state index in [-0.39, 0.29) is 0 Å². The van der Waals surface area contributed by atoms with E-state index < -0.39 is 0 Å². The molecule has 1 rings (SSSR count). The molecule has 0 N–H and O–H groups in total. The van der Waals surface area contributed by atoms with Gasteiger partial charge in [-0.15, -0.1) is 0 Å². The van der Waals surface area contributed by atoms with E-state index in [0.717, 1.165) is 12.0 Å². The van der Waals surface area contributed by atoms with Gasteiger partial charge in [0.1, 0.15) is 0 Å². The van der Waals surface area contributed by atoms with Gasteiger partial charge in [-0.2, -0.15) is 0 Å². The van der Waals surface area contributed by atoms with Crippen LogP contribution < -0.4 is 0 Å². The Kier molecular flexibility index (Phi) is 5.94. The lowest BCUT2D eigenvalue weighted by Gasteiger charge is -2.06. The molecule has 1 aromatic carbocycles. The second-order valence-electron chi connectivity index (χ2n) is 3.28. The zero-order chi connectivity index (χ0) is 11.1. The Hall–Kier alpha value is -1.04. The molecule has 0 saturated carbocycles. The molecule has 0 heteroatoms. The van der Waals surface area contributed by atoms with Crippen molar-refractivity contribution < 1.29 is 0 Å². The van der Waals surface area contributed by atoms with Crippen LogP contribution in [0.15, 0.2) is 24.8 Å². The fourth-order valence-electron chi connectivity index (χ4n) is 1.42. The third-order valence-corrected chi connectivity index (χ3v) is 2.16. The van der Waals surface area contributed by atoms with Crippen LogP contribution >= 0.6 is 0 Å². The Bertz CT molecular complexity index is 295. The quantitative estimate of drug-likeness (QED) is 0.638. The van der Waals surface area contributed by atoms with Crippen LogP contribution in [0.5, 0.6) is 0 Å². The average molecular weight is 190 g/mol. The minimum Gasteiger partial charge on any atom is -0.0955 e. The highest BCUT2D eigenvalue weighted by atomic mass is 14.0. The van der Waals surface area contributed by atoms with E-state index in [2.05, 4.69) is 38.6 Å². The van der Waals surface area contributed by atoms with Gasteiger partial charge in [-0.1, -0.05) is 51.1 Å². The van der Waals surface area contributed by atoms with Crippen LogP contribution in [-0.4, -0.2) is 0 Å². The number of hydrogen-bond donors (Lipinski definition) is 0. The van der Waals surface area contributed by atoms with Crippen molar-refractivity contribution in [2.24, 2.45) is 0 Å². The maximum atomic E-state index is 3.94. The summed E-state index contributed by atoms with van der Waals surface area (Å²) in [5.74, 6) is 0. The molecule has 0 bridgehead atoms. The molecule has 0 nitrogen and oxygen atoms in total. The Morgan fingerprint density at radius 1 is 1.29 bits per heavy atom. The fraction of sp³-hybridized carbons (Fsp3) is 0.429. The molecule has 1 aromatic rings. The topological polar surface area (TPSA) is 0 Å². The monoisotopic (exact) mass is 190 g/mol. The van der Waals surface area contributed by atoms with Gasteiger partial charge < -0.3 is 0 Å². The van der Waals surface area contributed by atoms with Gasteiger partial charge in [0.25, 0.3) is 0 Å². The summed E-state index contributed by atoms with van der Waals surface area (Å²) in [4.78, 5) is 0. The lowest BCUT2D eigenvalue weighted by Crippen LogP contribution is -1.87. The number of aryl methyl sites for hydroxylation is 2. The second kappa shape index (κ2) is 6.42. The van der Waals surface area contributed by atoms with Crippen molar-refractivity contribution >= 4 is 5.57 Å². The van der Waals surface area contributed by atoms with E-state index in [0.29, 0.717) is 0 Å². The summed E-state index contributed by atoms with van der Waals surface area (Å²) in [5, 5.41) is 0. The van der Waals surface area contributed by atoms with Gasteiger partial charge >= 0.3 is 0 Å². The highest BCUT2D eigenvalue weighted by molar-refractivity contribution is 5.64.